The summed E-state index contributed by atoms with van der Waals surface area (Å²) in [5, 5.41) is 2.95. The third-order valence-corrected chi connectivity index (χ3v) is 4.05. The predicted molar refractivity (Wildman–Crippen MR) is 85.6 cm³/mol. The molecule has 0 heterocycles. The van der Waals surface area contributed by atoms with Gasteiger partial charge in [-0.15, -0.1) is 0 Å². The van der Waals surface area contributed by atoms with Crippen molar-refractivity contribution >= 4 is 5.91 Å². The highest BCUT2D eigenvalue weighted by atomic mass is 16.5. The van der Waals surface area contributed by atoms with Gasteiger partial charge in [0.15, 0.2) is 6.10 Å². The molecule has 1 aliphatic rings. The molecule has 1 aromatic rings. The topological polar surface area (TPSA) is 38.3 Å². The first-order valence-electron chi connectivity index (χ1n) is 8.13. The zero-order valence-corrected chi connectivity index (χ0v) is 13.4. The molecule has 2 rings (SSSR count). The lowest BCUT2D eigenvalue weighted by atomic mass is 9.91. The van der Waals surface area contributed by atoms with Crippen molar-refractivity contribution in [3.05, 3.63) is 29.3 Å². The van der Waals surface area contributed by atoms with E-state index in [0.717, 1.165) is 31.6 Å². The fraction of sp³-hybridized carbons (Fsp3) is 0.611. The van der Waals surface area contributed by atoms with E-state index in [1.54, 1.807) is 0 Å². The van der Waals surface area contributed by atoms with Crippen LogP contribution in [0.2, 0.25) is 0 Å². The van der Waals surface area contributed by atoms with Gasteiger partial charge in [0, 0.05) is 6.54 Å². The van der Waals surface area contributed by atoms with Crippen LogP contribution in [0.3, 0.4) is 0 Å². The Balaban J connectivity index is 1.93. The van der Waals surface area contributed by atoms with Gasteiger partial charge in [-0.2, -0.15) is 0 Å². The number of fused-ring (bicyclic) bond motifs is 1. The fourth-order valence-corrected chi connectivity index (χ4v) is 2.73. The Morgan fingerprint density at radius 1 is 1.24 bits per heavy atom. The highest BCUT2D eigenvalue weighted by molar-refractivity contribution is 5.80. The van der Waals surface area contributed by atoms with Crippen LogP contribution < -0.4 is 10.1 Å². The maximum atomic E-state index is 12.1. The van der Waals surface area contributed by atoms with Crippen LogP contribution in [0.25, 0.3) is 0 Å². The van der Waals surface area contributed by atoms with E-state index in [0.29, 0.717) is 5.92 Å². The van der Waals surface area contributed by atoms with Crippen molar-refractivity contribution in [1.82, 2.24) is 5.32 Å². The average molecular weight is 289 g/mol. The normalized spacial score (nSPS) is 15.4. The number of benzene rings is 1. The lowest BCUT2D eigenvalue weighted by molar-refractivity contribution is -0.127. The van der Waals surface area contributed by atoms with Crippen molar-refractivity contribution in [2.45, 2.75) is 59.0 Å². The Morgan fingerprint density at radius 3 is 2.76 bits per heavy atom. The summed E-state index contributed by atoms with van der Waals surface area (Å²) < 4.78 is 5.92. The van der Waals surface area contributed by atoms with E-state index in [-0.39, 0.29) is 5.91 Å². The minimum Gasteiger partial charge on any atom is -0.481 e. The molecule has 1 unspecified atom stereocenters. The zero-order chi connectivity index (χ0) is 15.2. The predicted octanol–water partition coefficient (Wildman–Crippen LogP) is 3.50. The third kappa shape index (κ3) is 4.48. The molecule has 116 valence electrons. The minimum absolute atomic E-state index is 0.0240. The first-order valence-corrected chi connectivity index (χ1v) is 8.13. The van der Waals surface area contributed by atoms with Crippen molar-refractivity contribution in [1.29, 1.82) is 0 Å². The first-order chi connectivity index (χ1) is 10.1. The molecule has 0 aliphatic heterocycles. The molecule has 21 heavy (non-hydrogen) atoms. The fourth-order valence-electron chi connectivity index (χ4n) is 2.73. The van der Waals surface area contributed by atoms with E-state index in [9.17, 15) is 4.79 Å². The lowest BCUT2D eigenvalue weighted by Gasteiger charge is -2.22. The van der Waals surface area contributed by atoms with Gasteiger partial charge in [0.05, 0.1) is 0 Å². The second-order valence-corrected chi connectivity index (χ2v) is 6.33. The maximum absolute atomic E-state index is 12.1. The number of hydrogen-bond donors (Lipinski definition) is 1. The quantitative estimate of drug-likeness (QED) is 0.870. The molecule has 0 aromatic heterocycles. The van der Waals surface area contributed by atoms with Crippen LogP contribution >= 0.6 is 0 Å². The molecule has 1 N–H and O–H groups in total. The number of nitrogens with one attached hydrogen (secondary N) is 1. The largest absolute Gasteiger partial charge is 0.481 e. The molecule has 1 amide bonds. The van der Waals surface area contributed by atoms with Crippen LogP contribution in [0, 0.1) is 5.92 Å². The van der Waals surface area contributed by atoms with Crippen LogP contribution in [-0.4, -0.2) is 18.6 Å². The highest BCUT2D eigenvalue weighted by Gasteiger charge is 2.19. The summed E-state index contributed by atoms with van der Waals surface area (Å²) in [5.74, 6) is 1.46. The van der Waals surface area contributed by atoms with Crippen LogP contribution in [0.5, 0.6) is 5.75 Å². The van der Waals surface area contributed by atoms with Gasteiger partial charge < -0.3 is 10.1 Å². The Bertz CT molecular complexity index is 482. The molecule has 0 radical (unpaired) electrons. The van der Waals surface area contributed by atoms with Crippen molar-refractivity contribution in [3.63, 3.8) is 0 Å². The van der Waals surface area contributed by atoms with E-state index in [1.165, 1.54) is 24.0 Å². The van der Waals surface area contributed by atoms with E-state index in [1.807, 2.05) is 19.1 Å². The number of carbonyl (C=O) groups is 1. The molecule has 3 heteroatoms. The summed E-state index contributed by atoms with van der Waals surface area (Å²) in [6.07, 6.45) is 5.21. The van der Waals surface area contributed by atoms with Crippen molar-refractivity contribution in [2.75, 3.05) is 6.54 Å². The van der Waals surface area contributed by atoms with Crippen molar-refractivity contribution < 1.29 is 9.53 Å². The van der Waals surface area contributed by atoms with Gasteiger partial charge in [0.2, 0.25) is 0 Å². The molecule has 0 saturated heterocycles. The van der Waals surface area contributed by atoms with E-state index in [2.05, 4.69) is 25.2 Å². The van der Waals surface area contributed by atoms with Crippen LogP contribution in [-0.2, 0) is 17.6 Å². The highest BCUT2D eigenvalue weighted by Crippen LogP contribution is 2.30. The minimum atomic E-state index is -0.439. The molecule has 3 nitrogen and oxygen atoms in total. The molecule has 0 spiro atoms. The van der Waals surface area contributed by atoms with Crippen LogP contribution in [0.15, 0.2) is 18.2 Å². The molecule has 0 saturated carbocycles. The monoisotopic (exact) mass is 289 g/mol. The molecular formula is C18H27NO2. The number of ether oxygens (including phenoxy) is 1. The van der Waals surface area contributed by atoms with Crippen molar-refractivity contribution in [2.24, 2.45) is 5.92 Å². The van der Waals surface area contributed by atoms with E-state index in [4.69, 9.17) is 4.74 Å². The summed E-state index contributed by atoms with van der Waals surface area (Å²) in [6, 6.07) is 6.19. The van der Waals surface area contributed by atoms with Gasteiger partial charge in [-0.25, -0.2) is 0 Å². The zero-order valence-electron chi connectivity index (χ0n) is 13.4. The Kier molecular flexibility index (Phi) is 5.66. The van der Waals surface area contributed by atoms with Gasteiger partial charge >= 0.3 is 0 Å². The smallest absolute Gasteiger partial charge is 0.260 e. The third-order valence-electron chi connectivity index (χ3n) is 4.05. The second kappa shape index (κ2) is 7.48. The Morgan fingerprint density at radius 2 is 2.00 bits per heavy atom. The maximum Gasteiger partial charge on any atom is 0.260 e. The molecule has 0 fully saturated rings. The number of rotatable bonds is 6. The Labute approximate surface area is 128 Å². The number of amides is 1. The summed E-state index contributed by atoms with van der Waals surface area (Å²) >= 11 is 0. The van der Waals surface area contributed by atoms with Gasteiger partial charge in [-0.05, 0) is 62.1 Å². The van der Waals surface area contributed by atoms with E-state index < -0.39 is 6.10 Å². The number of aryl methyl sites for hydroxylation is 1. The first kappa shape index (κ1) is 15.9. The average Bonchev–Trinajstić information content (AvgIpc) is 2.47. The lowest BCUT2D eigenvalue weighted by Crippen LogP contribution is -2.37. The van der Waals surface area contributed by atoms with Crippen LogP contribution in [0.1, 0.15) is 51.2 Å². The number of carbonyl (C=O) groups excluding carboxylic acids is 1. The van der Waals surface area contributed by atoms with Crippen LogP contribution in [0.4, 0.5) is 0 Å². The summed E-state index contributed by atoms with van der Waals surface area (Å²) in [4.78, 5) is 12.1. The molecular weight excluding hydrogens is 262 g/mol. The van der Waals surface area contributed by atoms with Gasteiger partial charge in [0.25, 0.3) is 5.91 Å². The standard InChI is InChI=1S/C18H27NO2/c1-13(2)11-12-19-18(20)14(3)21-17-10-6-8-15-7-4-5-9-16(15)17/h6,8,10,13-14H,4-5,7,9,11-12H2,1-3H3,(H,19,20). The number of hydrogen-bond acceptors (Lipinski definition) is 2. The van der Waals surface area contributed by atoms with Gasteiger partial charge in [0.1, 0.15) is 5.75 Å². The summed E-state index contributed by atoms with van der Waals surface area (Å²) in [7, 11) is 0. The van der Waals surface area contributed by atoms with E-state index >= 15 is 0 Å². The van der Waals surface area contributed by atoms with Gasteiger partial charge in [-0.3, -0.25) is 4.79 Å². The summed E-state index contributed by atoms with van der Waals surface area (Å²) in [5.41, 5.74) is 2.68. The molecule has 1 aliphatic carbocycles. The van der Waals surface area contributed by atoms with Gasteiger partial charge in [-0.1, -0.05) is 26.0 Å². The second-order valence-electron chi connectivity index (χ2n) is 6.33. The SMILES string of the molecule is CC(C)CCNC(=O)C(C)Oc1cccc2c1CCCC2. The van der Waals surface area contributed by atoms with Crippen molar-refractivity contribution in [3.8, 4) is 5.75 Å². The Hall–Kier alpha value is -1.51. The molecule has 1 atom stereocenters. The molecule has 1 aromatic carbocycles. The molecule has 0 bridgehead atoms. The summed E-state index contributed by atoms with van der Waals surface area (Å²) in [6.45, 7) is 6.86.